The van der Waals surface area contributed by atoms with Gasteiger partial charge in [-0.2, -0.15) is 0 Å². The second kappa shape index (κ2) is 5.00. The summed E-state index contributed by atoms with van der Waals surface area (Å²) in [5, 5.41) is 0. The van der Waals surface area contributed by atoms with Crippen LogP contribution >= 0.6 is 0 Å². The molecule has 0 N–H and O–H groups in total. The van der Waals surface area contributed by atoms with Crippen LogP contribution in [-0.4, -0.2) is 59.6 Å². The van der Waals surface area contributed by atoms with E-state index in [2.05, 4.69) is 22.9 Å². The fourth-order valence-corrected chi connectivity index (χ4v) is 6.22. The third-order valence-electron chi connectivity index (χ3n) is 7.32. The topological polar surface area (TPSA) is 40.6 Å². The maximum absolute atomic E-state index is 12.8. The van der Waals surface area contributed by atoms with Crippen molar-refractivity contribution in [3.05, 3.63) is 11.6 Å². The molecule has 1 saturated carbocycles. The van der Waals surface area contributed by atoms with Crippen molar-refractivity contribution >= 4 is 11.6 Å². The quantitative estimate of drug-likeness (QED) is 0.638. The third kappa shape index (κ3) is 2.04. The molecule has 23 heavy (non-hydrogen) atoms. The number of carbonyl (C=O) groups is 2. The number of carbonyl (C=O) groups excluding carboxylic acids is 2. The second-order valence-electron chi connectivity index (χ2n) is 8.48. The fourth-order valence-electron chi connectivity index (χ4n) is 6.22. The van der Waals surface area contributed by atoms with Crippen LogP contribution in [0, 0.1) is 17.8 Å². The van der Waals surface area contributed by atoms with Crippen LogP contribution in [0.2, 0.25) is 0 Å². The van der Waals surface area contributed by atoms with Crippen LogP contribution in [0.1, 0.15) is 38.5 Å². The minimum absolute atomic E-state index is 0.0521. The highest BCUT2D eigenvalue weighted by atomic mass is 16.1. The minimum Gasteiger partial charge on any atom is -0.300 e. The number of piperazine rings is 1. The largest absolute Gasteiger partial charge is 0.300 e. The number of fused-ring (bicyclic) bond motifs is 3. The Kier molecular flexibility index (Phi) is 3.12. The van der Waals surface area contributed by atoms with E-state index < -0.39 is 0 Å². The third-order valence-corrected chi connectivity index (χ3v) is 7.32. The summed E-state index contributed by atoms with van der Waals surface area (Å²) in [4.78, 5) is 30.6. The monoisotopic (exact) mass is 314 g/mol. The van der Waals surface area contributed by atoms with E-state index in [1.54, 1.807) is 0 Å². The molecule has 2 saturated heterocycles. The molecule has 0 aromatic carbocycles. The lowest BCUT2D eigenvalue weighted by Gasteiger charge is -2.46. The van der Waals surface area contributed by atoms with Gasteiger partial charge in [-0.1, -0.05) is 11.6 Å². The Morgan fingerprint density at radius 3 is 2.78 bits per heavy atom. The molecule has 6 atom stereocenters. The zero-order valence-corrected chi connectivity index (χ0v) is 13.9. The average Bonchev–Trinajstić information content (AvgIpc) is 2.88. The molecule has 2 aliphatic carbocycles. The van der Waals surface area contributed by atoms with Gasteiger partial charge in [-0.05, 0) is 38.6 Å². The van der Waals surface area contributed by atoms with Crippen LogP contribution in [0.3, 0.4) is 0 Å². The van der Waals surface area contributed by atoms with Gasteiger partial charge in [0.25, 0.3) is 0 Å². The van der Waals surface area contributed by atoms with Gasteiger partial charge in [0.15, 0.2) is 0 Å². The number of rotatable bonds is 0. The maximum atomic E-state index is 12.8. The molecule has 4 nitrogen and oxygen atoms in total. The molecule has 3 aliphatic heterocycles. The number of nitrogens with zero attached hydrogens (tertiary/aromatic N) is 2. The van der Waals surface area contributed by atoms with Crippen LogP contribution in [0.4, 0.5) is 0 Å². The smallest absolute Gasteiger partial charge is 0.140 e. The van der Waals surface area contributed by atoms with Gasteiger partial charge >= 0.3 is 0 Å². The van der Waals surface area contributed by atoms with E-state index in [4.69, 9.17) is 0 Å². The molecule has 5 rings (SSSR count). The minimum atomic E-state index is -0.123. The van der Waals surface area contributed by atoms with Crippen molar-refractivity contribution in [1.29, 1.82) is 0 Å². The summed E-state index contributed by atoms with van der Waals surface area (Å²) in [5.74, 6) is 1.13. The number of hydrogen-bond acceptors (Lipinski definition) is 4. The molecule has 3 fully saturated rings. The fraction of sp³-hybridized carbons (Fsp3) is 0.789. The van der Waals surface area contributed by atoms with Crippen molar-refractivity contribution in [1.82, 2.24) is 9.80 Å². The van der Waals surface area contributed by atoms with Crippen LogP contribution < -0.4 is 0 Å². The number of hydrogen-bond donors (Lipinski definition) is 0. The predicted molar refractivity (Wildman–Crippen MR) is 87.0 cm³/mol. The summed E-state index contributed by atoms with van der Waals surface area (Å²) < 4.78 is 0. The molecular formula is C19H26N2O2. The number of Topliss-reactive ketones (excluding diaryl/α,β-unsaturated/α-hetero) is 2. The molecule has 2 unspecified atom stereocenters. The van der Waals surface area contributed by atoms with Gasteiger partial charge in [0.1, 0.15) is 11.6 Å². The molecule has 0 radical (unpaired) electrons. The lowest BCUT2D eigenvalue weighted by Crippen LogP contribution is -2.59. The predicted octanol–water partition coefficient (Wildman–Crippen LogP) is 1.65. The standard InChI is InChI=1S/C19H26N2O2/c1-20-9-14-8-12-3-5-17(23)18-15-7-11(2-4-16(15)22)6-13(20)10-21(14)19(12)18/h7,12-15,18-19H,2-6,8-10H2,1H3/t12?,13-,14-,15-,18-,19?/m0/s1. The first-order valence-electron chi connectivity index (χ1n) is 9.33. The van der Waals surface area contributed by atoms with Gasteiger partial charge < -0.3 is 4.90 Å². The molecule has 0 spiro atoms. The molecular weight excluding hydrogens is 288 g/mol. The van der Waals surface area contributed by atoms with Crippen molar-refractivity contribution in [2.45, 2.75) is 56.7 Å². The zero-order valence-electron chi connectivity index (χ0n) is 13.9. The summed E-state index contributed by atoms with van der Waals surface area (Å²) in [5.41, 5.74) is 1.43. The summed E-state index contributed by atoms with van der Waals surface area (Å²) in [6, 6.07) is 1.48. The summed E-state index contributed by atoms with van der Waals surface area (Å²) >= 11 is 0. The SMILES string of the molecule is CN1C[C@@H]2CC3CCC(=O)[C@H]4C3N2C[C@@H]1CC1=C[C@H]4C(=O)CC1. The molecule has 0 aromatic rings. The lowest BCUT2D eigenvalue weighted by atomic mass is 9.67. The average molecular weight is 314 g/mol. The van der Waals surface area contributed by atoms with E-state index >= 15 is 0 Å². The van der Waals surface area contributed by atoms with Gasteiger partial charge in [-0.15, -0.1) is 0 Å². The van der Waals surface area contributed by atoms with E-state index in [1.165, 1.54) is 12.0 Å². The summed E-state index contributed by atoms with van der Waals surface area (Å²) in [6.07, 6.45) is 7.83. The molecule has 0 amide bonds. The van der Waals surface area contributed by atoms with Crippen LogP contribution in [0.5, 0.6) is 0 Å². The van der Waals surface area contributed by atoms with Crippen LogP contribution in [0.25, 0.3) is 0 Å². The second-order valence-corrected chi connectivity index (χ2v) is 8.48. The van der Waals surface area contributed by atoms with Gasteiger partial charge in [0, 0.05) is 55.9 Å². The van der Waals surface area contributed by atoms with Crippen molar-refractivity contribution in [3.8, 4) is 0 Å². The molecule has 0 aromatic heterocycles. The zero-order chi connectivity index (χ0) is 15.7. The Morgan fingerprint density at radius 1 is 1.04 bits per heavy atom. The first kappa shape index (κ1) is 14.4. The van der Waals surface area contributed by atoms with E-state index in [-0.39, 0.29) is 11.8 Å². The van der Waals surface area contributed by atoms with Crippen molar-refractivity contribution in [2.24, 2.45) is 17.8 Å². The Balaban J connectivity index is 1.64. The lowest BCUT2D eigenvalue weighted by molar-refractivity contribution is -0.136. The van der Waals surface area contributed by atoms with Gasteiger partial charge in [-0.3, -0.25) is 14.5 Å². The van der Waals surface area contributed by atoms with E-state index in [9.17, 15) is 9.59 Å². The van der Waals surface area contributed by atoms with Crippen molar-refractivity contribution in [2.75, 3.05) is 20.1 Å². The highest BCUT2D eigenvalue weighted by Gasteiger charge is 2.55. The first-order valence-corrected chi connectivity index (χ1v) is 9.33. The molecule has 4 bridgehead atoms. The number of allylic oxidation sites excluding steroid dienone is 1. The molecule has 124 valence electrons. The van der Waals surface area contributed by atoms with Crippen molar-refractivity contribution < 1.29 is 9.59 Å². The van der Waals surface area contributed by atoms with Gasteiger partial charge in [-0.25, -0.2) is 0 Å². The van der Waals surface area contributed by atoms with Crippen LogP contribution in [-0.2, 0) is 9.59 Å². The number of ketones is 2. The summed E-state index contributed by atoms with van der Waals surface area (Å²) in [6.45, 7) is 2.22. The molecule has 5 aliphatic rings. The van der Waals surface area contributed by atoms with Gasteiger partial charge in [0.2, 0.25) is 0 Å². The summed E-state index contributed by atoms with van der Waals surface area (Å²) in [7, 11) is 2.26. The normalized spacial score (nSPS) is 46.9. The Labute approximate surface area is 137 Å². The Morgan fingerprint density at radius 2 is 1.91 bits per heavy atom. The highest BCUT2D eigenvalue weighted by molar-refractivity contribution is 5.93. The number of likely N-dealkylation sites (N-methyl/N-ethyl adjacent to an activating group) is 1. The highest BCUT2D eigenvalue weighted by Crippen LogP contribution is 2.48. The van der Waals surface area contributed by atoms with Crippen molar-refractivity contribution in [3.63, 3.8) is 0 Å². The van der Waals surface area contributed by atoms with E-state index in [0.29, 0.717) is 48.5 Å². The Bertz CT molecular complexity index is 598. The molecule has 3 heterocycles. The van der Waals surface area contributed by atoms with E-state index in [1.807, 2.05) is 0 Å². The Hall–Kier alpha value is -1.00. The van der Waals surface area contributed by atoms with Crippen LogP contribution in [0.15, 0.2) is 11.6 Å². The maximum Gasteiger partial charge on any atom is 0.140 e. The first-order chi connectivity index (χ1) is 11.1. The molecule has 4 heteroatoms. The van der Waals surface area contributed by atoms with Gasteiger partial charge in [0.05, 0.1) is 0 Å². The van der Waals surface area contributed by atoms with E-state index in [0.717, 1.165) is 32.4 Å².